The van der Waals surface area contributed by atoms with Crippen LogP contribution in [0, 0.1) is 5.82 Å². The molecule has 0 amide bonds. The number of esters is 1. The average Bonchev–Trinajstić information content (AvgIpc) is 2.88. The van der Waals surface area contributed by atoms with E-state index in [1.807, 2.05) is 37.3 Å². The largest absolute Gasteiger partial charge is 0.466 e. The summed E-state index contributed by atoms with van der Waals surface area (Å²) in [7, 11) is -3.70. The molecule has 0 bridgehead atoms. The summed E-state index contributed by atoms with van der Waals surface area (Å²) in [6.45, 7) is 4.47. The summed E-state index contributed by atoms with van der Waals surface area (Å²) < 4.78 is 54.6. The normalized spacial score (nSPS) is 24.3. The second kappa shape index (κ2) is 11.6. The van der Waals surface area contributed by atoms with E-state index in [2.05, 4.69) is 0 Å². The molecule has 2 heterocycles. The smallest absolute Gasteiger partial charge is 0.308 e. The van der Waals surface area contributed by atoms with Crippen molar-refractivity contribution in [3.63, 3.8) is 0 Å². The second-order valence-corrected chi connectivity index (χ2v) is 12.1. The van der Waals surface area contributed by atoms with Crippen molar-refractivity contribution in [2.75, 3.05) is 19.8 Å². The standard InChI is InChI=1S/C28H36FNO6S/c1-3-36-27(32)18-26(31)28(13-15-35-16-14-28)23-11-10-22(24(29)17-23)19-30-20(2)9-12-25(37(30,33)34)21-7-5-4-6-8-21/h4-8,10-11,17,20,25-26,31H,3,9,12-16,18-19H2,1-2H3. The van der Waals surface area contributed by atoms with E-state index >= 15 is 4.39 Å². The summed E-state index contributed by atoms with van der Waals surface area (Å²) in [6.07, 6.45) is 0.818. The number of carbonyl (C=O) groups excluding carboxylic acids is 1. The van der Waals surface area contributed by atoms with Gasteiger partial charge in [0.1, 0.15) is 11.1 Å². The fourth-order valence-electron chi connectivity index (χ4n) is 5.63. The maximum atomic E-state index is 15.5. The van der Waals surface area contributed by atoms with Crippen molar-refractivity contribution in [3.05, 3.63) is 71.0 Å². The number of nitrogens with zero attached hydrogens (tertiary/aromatic N) is 1. The molecule has 9 heteroatoms. The molecular formula is C28H36FNO6S. The Hall–Kier alpha value is -2.33. The minimum Gasteiger partial charge on any atom is -0.466 e. The van der Waals surface area contributed by atoms with Gasteiger partial charge < -0.3 is 14.6 Å². The van der Waals surface area contributed by atoms with Crippen LogP contribution < -0.4 is 0 Å². The van der Waals surface area contributed by atoms with E-state index in [9.17, 15) is 18.3 Å². The predicted octanol–water partition coefficient (Wildman–Crippen LogP) is 4.24. The van der Waals surface area contributed by atoms with E-state index in [-0.39, 0.29) is 31.2 Å². The summed E-state index contributed by atoms with van der Waals surface area (Å²) in [5.74, 6) is -1.04. The molecule has 2 aromatic rings. The number of hydrogen-bond acceptors (Lipinski definition) is 6. The summed E-state index contributed by atoms with van der Waals surface area (Å²) in [5, 5.41) is 10.4. The minimum absolute atomic E-state index is 0.0690. The highest BCUT2D eigenvalue weighted by Crippen LogP contribution is 2.41. The molecule has 3 unspecified atom stereocenters. The number of halogens is 1. The Bertz CT molecular complexity index is 1180. The third kappa shape index (κ3) is 5.74. The van der Waals surface area contributed by atoms with Gasteiger partial charge in [-0.25, -0.2) is 12.8 Å². The Morgan fingerprint density at radius 1 is 1.19 bits per heavy atom. The van der Waals surface area contributed by atoms with Gasteiger partial charge in [-0.05, 0) is 56.7 Å². The predicted molar refractivity (Wildman–Crippen MR) is 138 cm³/mol. The van der Waals surface area contributed by atoms with Crippen molar-refractivity contribution < 1.29 is 32.2 Å². The molecule has 2 aliphatic rings. The molecule has 0 aromatic heterocycles. The van der Waals surface area contributed by atoms with E-state index in [1.54, 1.807) is 19.1 Å². The van der Waals surface area contributed by atoms with Crippen molar-refractivity contribution in [1.29, 1.82) is 0 Å². The van der Waals surface area contributed by atoms with Gasteiger partial charge in [0.15, 0.2) is 0 Å². The molecule has 0 saturated carbocycles. The van der Waals surface area contributed by atoms with Crippen LogP contribution in [0.3, 0.4) is 0 Å². The molecular weight excluding hydrogens is 497 g/mol. The highest BCUT2D eigenvalue weighted by molar-refractivity contribution is 7.89. The van der Waals surface area contributed by atoms with Gasteiger partial charge in [0.25, 0.3) is 0 Å². The van der Waals surface area contributed by atoms with Gasteiger partial charge in [0.2, 0.25) is 10.0 Å². The van der Waals surface area contributed by atoms with E-state index in [4.69, 9.17) is 9.47 Å². The highest BCUT2D eigenvalue weighted by Gasteiger charge is 2.43. The van der Waals surface area contributed by atoms with Gasteiger partial charge >= 0.3 is 5.97 Å². The number of ether oxygens (including phenoxy) is 2. The van der Waals surface area contributed by atoms with Gasteiger partial charge in [-0.2, -0.15) is 4.31 Å². The van der Waals surface area contributed by atoms with Crippen molar-refractivity contribution in [3.8, 4) is 0 Å². The SMILES string of the molecule is CCOC(=O)CC(O)C1(c2ccc(CN3C(C)CCC(c4ccccc4)S3(=O)=O)c(F)c2)CCOCC1. The number of aliphatic hydroxyl groups excluding tert-OH is 1. The first kappa shape index (κ1) is 27.7. The van der Waals surface area contributed by atoms with Crippen LogP contribution in [-0.2, 0) is 36.3 Å². The highest BCUT2D eigenvalue weighted by atomic mass is 32.2. The molecule has 2 aliphatic heterocycles. The lowest BCUT2D eigenvalue weighted by molar-refractivity contribution is -0.147. The molecule has 0 aliphatic carbocycles. The Morgan fingerprint density at radius 2 is 1.89 bits per heavy atom. The quantitative estimate of drug-likeness (QED) is 0.510. The fourth-order valence-corrected chi connectivity index (χ4v) is 7.82. The molecule has 37 heavy (non-hydrogen) atoms. The summed E-state index contributed by atoms with van der Waals surface area (Å²) in [5.41, 5.74) is 0.737. The molecule has 202 valence electrons. The Balaban J connectivity index is 1.60. The van der Waals surface area contributed by atoms with Crippen LogP contribution in [-0.4, -0.2) is 55.8 Å². The number of carbonyl (C=O) groups is 1. The van der Waals surface area contributed by atoms with Crippen LogP contribution in [0.1, 0.15) is 67.9 Å². The van der Waals surface area contributed by atoms with Gasteiger partial charge in [-0.15, -0.1) is 0 Å². The molecule has 1 N–H and O–H groups in total. The zero-order valence-corrected chi connectivity index (χ0v) is 22.3. The number of benzene rings is 2. The van der Waals surface area contributed by atoms with Gasteiger partial charge in [0.05, 0.1) is 19.1 Å². The van der Waals surface area contributed by atoms with Crippen LogP contribution in [0.5, 0.6) is 0 Å². The topological polar surface area (TPSA) is 93.1 Å². The number of aliphatic hydroxyl groups is 1. The van der Waals surface area contributed by atoms with Gasteiger partial charge in [-0.1, -0.05) is 42.5 Å². The van der Waals surface area contributed by atoms with Crippen LogP contribution in [0.15, 0.2) is 48.5 Å². The van der Waals surface area contributed by atoms with Crippen LogP contribution in [0.4, 0.5) is 4.39 Å². The molecule has 0 radical (unpaired) electrons. The Kier molecular flexibility index (Phi) is 8.68. The first-order valence-electron chi connectivity index (χ1n) is 12.9. The molecule has 7 nitrogen and oxygen atoms in total. The Morgan fingerprint density at radius 3 is 2.54 bits per heavy atom. The zero-order valence-electron chi connectivity index (χ0n) is 21.4. The number of rotatable bonds is 8. The molecule has 2 aromatic carbocycles. The maximum Gasteiger partial charge on any atom is 0.308 e. The van der Waals surface area contributed by atoms with Crippen LogP contribution >= 0.6 is 0 Å². The summed E-state index contributed by atoms with van der Waals surface area (Å²) >= 11 is 0. The fraction of sp³-hybridized carbons (Fsp3) is 0.536. The zero-order chi connectivity index (χ0) is 26.6. The molecule has 4 rings (SSSR count). The summed E-state index contributed by atoms with van der Waals surface area (Å²) in [4.78, 5) is 12.1. The van der Waals surface area contributed by atoms with Crippen molar-refractivity contribution in [2.45, 2.75) is 75.3 Å². The maximum absolute atomic E-state index is 15.5. The minimum atomic E-state index is -3.70. The second-order valence-electron chi connectivity index (χ2n) is 10.0. The lowest BCUT2D eigenvalue weighted by Crippen LogP contribution is -2.46. The molecule has 2 saturated heterocycles. The van der Waals surface area contributed by atoms with Gasteiger partial charge in [-0.3, -0.25) is 4.79 Å². The lowest BCUT2D eigenvalue weighted by atomic mass is 9.69. The van der Waals surface area contributed by atoms with Crippen LogP contribution in [0.2, 0.25) is 0 Å². The summed E-state index contributed by atoms with van der Waals surface area (Å²) in [6, 6.07) is 13.6. The first-order valence-corrected chi connectivity index (χ1v) is 14.5. The monoisotopic (exact) mass is 533 g/mol. The first-order chi connectivity index (χ1) is 17.7. The molecule has 2 fully saturated rings. The number of hydrogen-bond donors (Lipinski definition) is 1. The average molecular weight is 534 g/mol. The van der Waals surface area contributed by atoms with E-state index < -0.39 is 38.6 Å². The number of sulfonamides is 1. The van der Waals surface area contributed by atoms with Crippen molar-refractivity contribution in [1.82, 2.24) is 4.31 Å². The van der Waals surface area contributed by atoms with E-state index in [0.717, 1.165) is 5.56 Å². The third-order valence-electron chi connectivity index (χ3n) is 7.84. The van der Waals surface area contributed by atoms with E-state index in [0.29, 0.717) is 44.5 Å². The van der Waals surface area contributed by atoms with E-state index in [1.165, 1.54) is 10.4 Å². The van der Waals surface area contributed by atoms with Gasteiger partial charge in [0, 0.05) is 36.8 Å². The van der Waals surface area contributed by atoms with Crippen molar-refractivity contribution in [2.24, 2.45) is 0 Å². The third-order valence-corrected chi connectivity index (χ3v) is 10.2. The van der Waals surface area contributed by atoms with Crippen molar-refractivity contribution >= 4 is 16.0 Å². The Labute approximate surface area is 218 Å². The molecule has 3 atom stereocenters. The lowest BCUT2D eigenvalue weighted by Gasteiger charge is -2.41. The molecule has 0 spiro atoms. The van der Waals surface area contributed by atoms with Crippen LogP contribution in [0.25, 0.3) is 0 Å².